The van der Waals surface area contributed by atoms with Crippen molar-refractivity contribution in [1.82, 2.24) is 4.31 Å². The van der Waals surface area contributed by atoms with E-state index in [1.807, 2.05) is 0 Å². The number of benzene rings is 3. The van der Waals surface area contributed by atoms with Crippen LogP contribution in [0.3, 0.4) is 0 Å². The van der Waals surface area contributed by atoms with Gasteiger partial charge in [0.15, 0.2) is 0 Å². The highest BCUT2D eigenvalue weighted by molar-refractivity contribution is 7.93. The Morgan fingerprint density at radius 3 is 2.17 bits per heavy atom. The van der Waals surface area contributed by atoms with E-state index in [4.69, 9.17) is 9.47 Å². The number of carbonyl (C=O) groups is 1. The van der Waals surface area contributed by atoms with Crippen molar-refractivity contribution in [3.05, 3.63) is 72.3 Å². The maximum Gasteiger partial charge on any atom is 0.264 e. The fourth-order valence-electron chi connectivity index (χ4n) is 4.55. The number of nitrogens with zero attached hydrogens (tertiary/aromatic N) is 2. The summed E-state index contributed by atoms with van der Waals surface area (Å²) < 4.78 is 67.4. The van der Waals surface area contributed by atoms with Crippen LogP contribution >= 0.6 is 0 Å². The highest BCUT2D eigenvalue weighted by Gasteiger charge is 2.31. The molecule has 1 heterocycles. The summed E-state index contributed by atoms with van der Waals surface area (Å²) in [6.07, 6.45) is 2.51. The summed E-state index contributed by atoms with van der Waals surface area (Å²) in [6, 6.07) is 17.1. The number of hydrogen-bond donors (Lipinski definition) is 1. The molecule has 3 aromatic carbocycles. The van der Waals surface area contributed by atoms with Gasteiger partial charge in [0, 0.05) is 18.8 Å². The van der Waals surface area contributed by atoms with E-state index in [0.29, 0.717) is 13.1 Å². The zero-order valence-corrected chi connectivity index (χ0v) is 24.3. The average molecular weight is 588 g/mol. The number of ether oxygens (including phenoxy) is 2. The topological polar surface area (TPSA) is 122 Å². The van der Waals surface area contributed by atoms with Crippen LogP contribution in [0.1, 0.15) is 24.8 Å². The second-order valence-corrected chi connectivity index (χ2v) is 13.1. The van der Waals surface area contributed by atoms with Gasteiger partial charge in [0.25, 0.3) is 10.0 Å². The van der Waals surface area contributed by atoms with Gasteiger partial charge < -0.3 is 14.8 Å². The molecule has 1 saturated heterocycles. The Morgan fingerprint density at radius 1 is 0.875 bits per heavy atom. The van der Waals surface area contributed by atoms with Gasteiger partial charge in [-0.15, -0.1) is 0 Å². The van der Waals surface area contributed by atoms with Gasteiger partial charge >= 0.3 is 0 Å². The van der Waals surface area contributed by atoms with Crippen LogP contribution in [0.4, 0.5) is 11.4 Å². The summed E-state index contributed by atoms with van der Waals surface area (Å²) in [5.74, 6) is -0.242. The monoisotopic (exact) mass is 587 g/mol. The van der Waals surface area contributed by atoms with Crippen LogP contribution in [0, 0.1) is 6.92 Å². The molecule has 0 spiro atoms. The van der Waals surface area contributed by atoms with Crippen LogP contribution in [0.5, 0.6) is 11.5 Å². The molecule has 1 fully saturated rings. The molecule has 0 saturated carbocycles. The minimum atomic E-state index is -4.18. The number of hydrogen-bond acceptors (Lipinski definition) is 7. The summed E-state index contributed by atoms with van der Waals surface area (Å²) in [5, 5.41) is 2.66. The minimum Gasteiger partial charge on any atom is -0.495 e. The van der Waals surface area contributed by atoms with E-state index in [-0.39, 0.29) is 32.7 Å². The third-order valence-corrected chi connectivity index (χ3v) is 10.3. The molecule has 40 heavy (non-hydrogen) atoms. The summed E-state index contributed by atoms with van der Waals surface area (Å²) >= 11 is 0. The Kier molecular flexibility index (Phi) is 9.02. The van der Waals surface area contributed by atoms with Gasteiger partial charge in [0.2, 0.25) is 15.9 Å². The van der Waals surface area contributed by atoms with Crippen LogP contribution < -0.4 is 19.1 Å². The van der Waals surface area contributed by atoms with E-state index in [1.54, 1.807) is 43.3 Å². The van der Waals surface area contributed by atoms with Gasteiger partial charge in [-0.25, -0.2) is 16.8 Å². The first-order valence-corrected chi connectivity index (χ1v) is 15.7. The zero-order valence-electron chi connectivity index (χ0n) is 22.7. The van der Waals surface area contributed by atoms with Crippen LogP contribution in [0.25, 0.3) is 0 Å². The fourth-order valence-corrected chi connectivity index (χ4v) is 7.69. The minimum absolute atomic E-state index is 0.00529. The van der Waals surface area contributed by atoms with Gasteiger partial charge in [0.1, 0.15) is 22.9 Å². The number of carbonyl (C=O) groups excluding carboxylic acids is 1. The molecule has 0 aromatic heterocycles. The van der Waals surface area contributed by atoms with E-state index >= 15 is 0 Å². The number of aryl methyl sites for hydroxylation is 1. The predicted molar refractivity (Wildman–Crippen MR) is 153 cm³/mol. The largest absolute Gasteiger partial charge is 0.495 e. The normalized spacial score (nSPS) is 14.4. The number of amides is 1. The standard InChI is InChI=1S/C28H33N3O7S2/c1-21-12-14-25(37-2)24(18-21)31(39(33,34)23-10-6-4-7-11-23)20-28(32)29-22-13-15-26(38-3)27(19-22)40(35,36)30-16-8-5-9-17-30/h4,6-7,10-15,18-19H,5,8-9,16-17,20H2,1-3H3,(H,29,32). The number of nitrogens with one attached hydrogen (secondary N) is 1. The summed E-state index contributed by atoms with van der Waals surface area (Å²) in [5.41, 5.74) is 1.16. The van der Waals surface area contributed by atoms with Crippen molar-refractivity contribution in [3.63, 3.8) is 0 Å². The number of sulfonamides is 2. The van der Waals surface area contributed by atoms with Crippen molar-refractivity contribution in [1.29, 1.82) is 0 Å². The Morgan fingerprint density at radius 2 is 1.52 bits per heavy atom. The van der Waals surface area contributed by atoms with Crippen molar-refractivity contribution in [2.75, 3.05) is 43.5 Å². The smallest absolute Gasteiger partial charge is 0.264 e. The Labute approximate surface area is 235 Å². The number of methoxy groups -OCH3 is 2. The molecule has 1 amide bonds. The molecule has 1 aliphatic rings. The predicted octanol–water partition coefficient (Wildman–Crippen LogP) is 4.02. The summed E-state index contributed by atoms with van der Waals surface area (Å²) in [7, 11) is -5.25. The molecule has 0 radical (unpaired) electrons. The quantitative estimate of drug-likeness (QED) is 0.380. The molecular formula is C28H33N3O7S2. The summed E-state index contributed by atoms with van der Waals surface area (Å²) in [4.78, 5) is 13.3. The van der Waals surface area contributed by atoms with Gasteiger partial charge in [-0.05, 0) is 67.8 Å². The van der Waals surface area contributed by atoms with Crippen molar-refractivity contribution in [2.45, 2.75) is 36.0 Å². The molecule has 0 bridgehead atoms. The van der Waals surface area contributed by atoms with Crippen molar-refractivity contribution in [3.8, 4) is 11.5 Å². The molecule has 1 aliphatic heterocycles. The second kappa shape index (κ2) is 12.3. The lowest BCUT2D eigenvalue weighted by molar-refractivity contribution is -0.114. The fraction of sp³-hybridized carbons (Fsp3) is 0.321. The van der Waals surface area contributed by atoms with Gasteiger partial charge in [0.05, 0.1) is 24.8 Å². The Hall–Kier alpha value is -3.61. The van der Waals surface area contributed by atoms with Crippen LogP contribution in [-0.2, 0) is 24.8 Å². The first-order valence-electron chi connectivity index (χ1n) is 12.8. The lowest BCUT2D eigenvalue weighted by Gasteiger charge is -2.27. The lowest BCUT2D eigenvalue weighted by atomic mass is 10.2. The maximum absolute atomic E-state index is 13.7. The third-order valence-electron chi connectivity index (χ3n) is 6.60. The molecular weight excluding hydrogens is 554 g/mol. The lowest BCUT2D eigenvalue weighted by Crippen LogP contribution is -2.38. The third kappa shape index (κ3) is 6.24. The number of anilines is 2. The molecule has 4 rings (SSSR count). The molecule has 214 valence electrons. The SMILES string of the molecule is COc1ccc(C)cc1N(CC(=O)Nc1ccc(OC)c(S(=O)(=O)N2CCCCC2)c1)S(=O)(=O)c1ccccc1. The van der Waals surface area contributed by atoms with Gasteiger partial charge in [-0.1, -0.05) is 30.7 Å². The maximum atomic E-state index is 13.7. The number of rotatable bonds is 10. The molecule has 0 atom stereocenters. The van der Waals surface area contributed by atoms with E-state index in [1.165, 1.54) is 48.9 Å². The van der Waals surface area contributed by atoms with Crippen LogP contribution in [0.2, 0.25) is 0 Å². The van der Waals surface area contributed by atoms with Crippen molar-refractivity contribution < 1.29 is 31.1 Å². The second-order valence-electron chi connectivity index (χ2n) is 9.38. The number of piperidine rings is 1. The molecule has 1 N–H and O–H groups in total. The van der Waals surface area contributed by atoms with E-state index in [2.05, 4.69) is 5.32 Å². The molecule has 3 aromatic rings. The van der Waals surface area contributed by atoms with Crippen LogP contribution in [0.15, 0.2) is 76.5 Å². The van der Waals surface area contributed by atoms with Gasteiger partial charge in [-0.2, -0.15) is 4.31 Å². The highest BCUT2D eigenvalue weighted by Crippen LogP contribution is 2.34. The van der Waals surface area contributed by atoms with Gasteiger partial charge in [-0.3, -0.25) is 9.10 Å². The first-order chi connectivity index (χ1) is 19.1. The summed E-state index contributed by atoms with van der Waals surface area (Å²) in [6.45, 7) is 2.04. The Bertz CT molecular complexity index is 1570. The van der Waals surface area contributed by atoms with Crippen LogP contribution in [-0.4, -0.2) is 60.9 Å². The van der Waals surface area contributed by atoms with E-state index < -0.39 is 32.5 Å². The average Bonchev–Trinajstić information content (AvgIpc) is 2.96. The van der Waals surface area contributed by atoms with Crippen molar-refractivity contribution >= 4 is 37.3 Å². The Balaban J connectivity index is 1.68. The molecule has 0 unspecified atom stereocenters. The molecule has 10 nitrogen and oxygen atoms in total. The van der Waals surface area contributed by atoms with Crippen molar-refractivity contribution in [2.24, 2.45) is 0 Å². The molecule has 0 aliphatic carbocycles. The van der Waals surface area contributed by atoms with E-state index in [9.17, 15) is 21.6 Å². The zero-order chi connectivity index (χ0) is 28.9. The molecule has 12 heteroatoms. The van der Waals surface area contributed by atoms with E-state index in [0.717, 1.165) is 29.1 Å². The first kappa shape index (κ1) is 29.4. The highest BCUT2D eigenvalue weighted by atomic mass is 32.2.